The van der Waals surface area contributed by atoms with E-state index >= 15 is 0 Å². The highest BCUT2D eigenvalue weighted by Gasteiger charge is 2.08. The molecule has 0 radical (unpaired) electrons. The van der Waals surface area contributed by atoms with Crippen LogP contribution in [0.1, 0.15) is 14.7 Å². The van der Waals surface area contributed by atoms with Crippen molar-refractivity contribution in [2.75, 3.05) is 0 Å². The molecule has 0 saturated carbocycles. The third kappa shape index (κ3) is 1.40. The predicted octanol–water partition coefficient (Wildman–Crippen LogP) is 2.26. The molecule has 2 aromatic rings. The lowest BCUT2D eigenvalue weighted by atomic mass is 10.3. The zero-order chi connectivity index (χ0) is 9.26. The highest BCUT2D eigenvalue weighted by atomic mass is 32.1. The maximum absolute atomic E-state index is 10.5. The molecule has 4 heteroatoms. The number of thiazole rings is 1. The van der Waals surface area contributed by atoms with E-state index in [4.69, 9.17) is 0 Å². The first-order valence-electron chi connectivity index (χ1n) is 3.87. The molecule has 0 aliphatic heterocycles. The van der Waals surface area contributed by atoms with Gasteiger partial charge in [0.25, 0.3) is 0 Å². The van der Waals surface area contributed by atoms with Crippen LogP contribution in [-0.4, -0.2) is 16.3 Å². The molecule has 0 aliphatic carbocycles. The molecule has 0 aliphatic rings. The Kier molecular flexibility index (Phi) is 1.98. The number of hydrogen-bond acceptors (Lipinski definition) is 3. The average Bonchev–Trinajstić information content (AvgIpc) is 2.72. The van der Waals surface area contributed by atoms with E-state index in [0.29, 0.717) is 5.01 Å². The van der Waals surface area contributed by atoms with Crippen molar-refractivity contribution in [1.29, 1.82) is 0 Å². The number of rotatable bonds is 2. The second kappa shape index (κ2) is 3.14. The minimum atomic E-state index is 0.530. The molecule has 13 heavy (non-hydrogen) atoms. The molecule has 0 amide bonds. The zero-order valence-corrected chi connectivity index (χ0v) is 7.89. The SMILES string of the molecule is Cc1sc(C=O)nc1-c1ccc[nH]1. The molecular formula is C9H8N2OS. The van der Waals surface area contributed by atoms with Crippen LogP contribution in [0.4, 0.5) is 0 Å². The van der Waals surface area contributed by atoms with Crippen LogP contribution in [0.2, 0.25) is 0 Å². The molecular weight excluding hydrogens is 184 g/mol. The van der Waals surface area contributed by atoms with Crippen molar-refractivity contribution >= 4 is 17.6 Å². The number of H-pyrrole nitrogens is 1. The molecule has 0 spiro atoms. The number of nitrogens with zero attached hydrogens (tertiary/aromatic N) is 1. The van der Waals surface area contributed by atoms with Crippen LogP contribution < -0.4 is 0 Å². The van der Waals surface area contributed by atoms with Gasteiger partial charge >= 0.3 is 0 Å². The molecule has 3 nitrogen and oxygen atoms in total. The van der Waals surface area contributed by atoms with Crippen molar-refractivity contribution in [1.82, 2.24) is 9.97 Å². The second-order valence-electron chi connectivity index (χ2n) is 2.66. The van der Waals surface area contributed by atoms with Gasteiger partial charge in [-0.1, -0.05) is 0 Å². The van der Waals surface area contributed by atoms with E-state index in [9.17, 15) is 4.79 Å². The molecule has 0 fully saturated rings. The Labute approximate surface area is 79.4 Å². The molecule has 0 aromatic carbocycles. The predicted molar refractivity (Wildman–Crippen MR) is 52.0 cm³/mol. The van der Waals surface area contributed by atoms with Crippen LogP contribution in [0.25, 0.3) is 11.4 Å². The summed E-state index contributed by atoms with van der Waals surface area (Å²) >= 11 is 1.41. The summed E-state index contributed by atoms with van der Waals surface area (Å²) in [6.45, 7) is 1.96. The third-order valence-corrected chi connectivity index (χ3v) is 2.66. The van der Waals surface area contributed by atoms with Crippen molar-refractivity contribution in [3.8, 4) is 11.4 Å². The first-order valence-corrected chi connectivity index (χ1v) is 4.69. The summed E-state index contributed by atoms with van der Waals surface area (Å²) in [7, 11) is 0. The lowest BCUT2D eigenvalue weighted by Crippen LogP contribution is -1.81. The Hall–Kier alpha value is -1.42. The molecule has 1 N–H and O–H groups in total. The minimum Gasteiger partial charge on any atom is -0.360 e. The highest BCUT2D eigenvalue weighted by Crippen LogP contribution is 2.24. The van der Waals surface area contributed by atoms with E-state index in [-0.39, 0.29) is 0 Å². The summed E-state index contributed by atoms with van der Waals surface area (Å²) in [6.07, 6.45) is 2.62. The molecule has 0 saturated heterocycles. The van der Waals surface area contributed by atoms with Crippen LogP contribution in [0, 0.1) is 6.92 Å². The Morgan fingerprint density at radius 1 is 1.62 bits per heavy atom. The summed E-state index contributed by atoms with van der Waals surface area (Å²) in [4.78, 5) is 18.8. The van der Waals surface area contributed by atoms with Gasteiger partial charge in [0.2, 0.25) is 0 Å². The molecule has 66 valence electrons. The van der Waals surface area contributed by atoms with Crippen molar-refractivity contribution in [3.63, 3.8) is 0 Å². The van der Waals surface area contributed by atoms with Gasteiger partial charge in [0.1, 0.15) is 5.69 Å². The average molecular weight is 192 g/mol. The number of hydrogen-bond donors (Lipinski definition) is 1. The number of carbonyl (C=O) groups excluding carboxylic acids is 1. The molecule has 2 aromatic heterocycles. The van der Waals surface area contributed by atoms with Gasteiger partial charge in [-0.2, -0.15) is 0 Å². The van der Waals surface area contributed by atoms with Crippen LogP contribution in [0.5, 0.6) is 0 Å². The van der Waals surface area contributed by atoms with Gasteiger partial charge < -0.3 is 4.98 Å². The quantitative estimate of drug-likeness (QED) is 0.742. The largest absolute Gasteiger partial charge is 0.360 e. The fraction of sp³-hybridized carbons (Fsp3) is 0.111. The van der Waals surface area contributed by atoms with Gasteiger partial charge in [0.15, 0.2) is 11.3 Å². The summed E-state index contributed by atoms with van der Waals surface area (Å²) in [5, 5.41) is 0.530. The first-order chi connectivity index (χ1) is 6.31. The van der Waals surface area contributed by atoms with Crippen LogP contribution in [0.3, 0.4) is 0 Å². The van der Waals surface area contributed by atoms with Gasteiger partial charge in [-0.25, -0.2) is 4.98 Å². The van der Waals surface area contributed by atoms with Gasteiger partial charge in [0.05, 0.1) is 5.69 Å². The van der Waals surface area contributed by atoms with Crippen molar-refractivity contribution in [2.45, 2.75) is 6.92 Å². The van der Waals surface area contributed by atoms with E-state index in [1.807, 2.05) is 25.3 Å². The number of aldehydes is 1. The van der Waals surface area contributed by atoms with Crippen LogP contribution in [0.15, 0.2) is 18.3 Å². The maximum atomic E-state index is 10.5. The highest BCUT2D eigenvalue weighted by molar-refractivity contribution is 7.13. The van der Waals surface area contributed by atoms with Crippen LogP contribution in [-0.2, 0) is 0 Å². The molecule has 0 bridgehead atoms. The summed E-state index contributed by atoms with van der Waals surface area (Å²) in [6, 6.07) is 3.85. The van der Waals surface area contributed by atoms with Crippen molar-refractivity contribution in [2.24, 2.45) is 0 Å². The van der Waals surface area contributed by atoms with E-state index < -0.39 is 0 Å². The van der Waals surface area contributed by atoms with Gasteiger partial charge in [-0.3, -0.25) is 4.79 Å². The number of aromatic nitrogens is 2. The Morgan fingerprint density at radius 2 is 2.46 bits per heavy atom. The minimum absolute atomic E-state index is 0.530. The number of nitrogens with one attached hydrogen (secondary N) is 1. The lowest BCUT2D eigenvalue weighted by Gasteiger charge is -1.91. The Morgan fingerprint density at radius 3 is 3.00 bits per heavy atom. The summed E-state index contributed by atoms with van der Waals surface area (Å²) < 4.78 is 0. The summed E-state index contributed by atoms with van der Waals surface area (Å²) in [5.41, 5.74) is 1.83. The summed E-state index contributed by atoms with van der Waals surface area (Å²) in [5.74, 6) is 0. The fourth-order valence-electron chi connectivity index (χ4n) is 1.19. The maximum Gasteiger partial charge on any atom is 0.178 e. The normalized spacial score (nSPS) is 10.2. The number of aromatic amines is 1. The third-order valence-electron chi connectivity index (χ3n) is 1.77. The van der Waals surface area contributed by atoms with Gasteiger partial charge in [-0.15, -0.1) is 11.3 Å². The molecule has 2 rings (SSSR count). The van der Waals surface area contributed by atoms with Gasteiger partial charge in [-0.05, 0) is 19.1 Å². The smallest absolute Gasteiger partial charge is 0.178 e. The monoisotopic (exact) mass is 192 g/mol. The van der Waals surface area contributed by atoms with Crippen LogP contribution >= 0.6 is 11.3 Å². The Bertz CT molecular complexity index is 417. The lowest BCUT2D eigenvalue weighted by molar-refractivity contribution is 0.112. The van der Waals surface area contributed by atoms with E-state index in [1.54, 1.807) is 0 Å². The number of carbonyl (C=O) groups is 1. The number of aryl methyl sites for hydroxylation is 1. The molecule has 0 unspecified atom stereocenters. The molecule has 2 heterocycles. The first kappa shape index (κ1) is 8.19. The second-order valence-corrected chi connectivity index (χ2v) is 3.89. The van der Waals surface area contributed by atoms with Crippen molar-refractivity contribution < 1.29 is 4.79 Å². The van der Waals surface area contributed by atoms with E-state index in [1.165, 1.54) is 11.3 Å². The van der Waals surface area contributed by atoms with Gasteiger partial charge in [0, 0.05) is 11.1 Å². The Balaban J connectivity index is 2.52. The fourth-order valence-corrected chi connectivity index (χ4v) is 1.95. The topological polar surface area (TPSA) is 45.8 Å². The van der Waals surface area contributed by atoms with Crippen molar-refractivity contribution in [3.05, 3.63) is 28.2 Å². The zero-order valence-electron chi connectivity index (χ0n) is 7.07. The van der Waals surface area contributed by atoms with E-state index in [0.717, 1.165) is 22.6 Å². The van der Waals surface area contributed by atoms with E-state index in [2.05, 4.69) is 9.97 Å². The standard InChI is InChI=1S/C9H8N2OS/c1-6-9(7-3-2-4-10-7)11-8(5-12)13-6/h2-5,10H,1H3. The molecule has 0 atom stereocenters.